The Balaban J connectivity index is 2.20. The van der Waals surface area contributed by atoms with E-state index < -0.39 is 0 Å². The zero-order valence-electron chi connectivity index (χ0n) is 9.92. The van der Waals surface area contributed by atoms with E-state index in [9.17, 15) is 4.79 Å². The summed E-state index contributed by atoms with van der Waals surface area (Å²) in [6.07, 6.45) is 3.73. The number of rotatable bonds is 2. The fourth-order valence-corrected chi connectivity index (χ4v) is 2.20. The molecule has 2 rings (SSSR count). The minimum absolute atomic E-state index is 0.215. The molecule has 1 saturated heterocycles. The lowest BCUT2D eigenvalue weighted by atomic mass is 9.77. The van der Waals surface area contributed by atoms with Gasteiger partial charge in [-0.15, -0.1) is 0 Å². The standard InChI is InChI=1S/C13H18N2O/c1-10-4-5-11(8-15-10)12(16)13(2)6-3-7-14-9-13/h4-5,8,14H,3,6-7,9H2,1-2H3. The highest BCUT2D eigenvalue weighted by molar-refractivity contribution is 6.00. The van der Waals surface area contributed by atoms with Gasteiger partial charge in [0.2, 0.25) is 0 Å². The van der Waals surface area contributed by atoms with E-state index in [4.69, 9.17) is 0 Å². The molecule has 1 fully saturated rings. The van der Waals surface area contributed by atoms with Gasteiger partial charge >= 0.3 is 0 Å². The number of hydrogen-bond acceptors (Lipinski definition) is 3. The molecule has 1 unspecified atom stereocenters. The smallest absolute Gasteiger partial charge is 0.171 e. The highest BCUT2D eigenvalue weighted by atomic mass is 16.1. The average molecular weight is 218 g/mol. The second-order valence-corrected chi connectivity index (χ2v) is 4.86. The molecule has 86 valence electrons. The maximum absolute atomic E-state index is 12.4. The van der Waals surface area contributed by atoms with Crippen molar-refractivity contribution in [1.82, 2.24) is 10.3 Å². The van der Waals surface area contributed by atoms with Gasteiger partial charge < -0.3 is 5.32 Å². The minimum Gasteiger partial charge on any atom is -0.316 e. The van der Waals surface area contributed by atoms with Crippen LogP contribution in [-0.4, -0.2) is 23.9 Å². The normalized spacial score (nSPS) is 25.4. The Bertz CT molecular complexity index is 377. The maximum atomic E-state index is 12.4. The molecule has 1 aromatic rings. The Morgan fingerprint density at radius 2 is 2.31 bits per heavy atom. The van der Waals surface area contributed by atoms with Gasteiger partial charge in [-0.2, -0.15) is 0 Å². The molecule has 1 atom stereocenters. The van der Waals surface area contributed by atoms with Gasteiger partial charge in [-0.3, -0.25) is 9.78 Å². The van der Waals surface area contributed by atoms with Gasteiger partial charge in [0.05, 0.1) is 0 Å². The number of carbonyl (C=O) groups excluding carboxylic acids is 1. The Morgan fingerprint density at radius 3 is 2.88 bits per heavy atom. The van der Waals surface area contributed by atoms with Crippen molar-refractivity contribution in [1.29, 1.82) is 0 Å². The van der Waals surface area contributed by atoms with Crippen LogP contribution in [0.2, 0.25) is 0 Å². The first-order valence-electron chi connectivity index (χ1n) is 5.80. The van der Waals surface area contributed by atoms with Crippen LogP contribution < -0.4 is 5.32 Å². The molecule has 0 amide bonds. The van der Waals surface area contributed by atoms with Crippen molar-refractivity contribution in [3.8, 4) is 0 Å². The molecule has 2 heterocycles. The topological polar surface area (TPSA) is 42.0 Å². The first-order chi connectivity index (χ1) is 7.62. The first-order valence-corrected chi connectivity index (χ1v) is 5.80. The molecule has 1 aromatic heterocycles. The van der Waals surface area contributed by atoms with E-state index in [-0.39, 0.29) is 11.2 Å². The van der Waals surface area contributed by atoms with Crippen molar-refractivity contribution in [2.24, 2.45) is 5.41 Å². The fourth-order valence-electron chi connectivity index (χ4n) is 2.20. The van der Waals surface area contributed by atoms with Crippen LogP contribution >= 0.6 is 0 Å². The monoisotopic (exact) mass is 218 g/mol. The first kappa shape index (κ1) is 11.3. The molecule has 3 heteroatoms. The highest BCUT2D eigenvalue weighted by Gasteiger charge is 2.35. The predicted molar refractivity (Wildman–Crippen MR) is 63.5 cm³/mol. The lowest BCUT2D eigenvalue weighted by Gasteiger charge is -2.32. The Labute approximate surface area is 96.3 Å². The van der Waals surface area contributed by atoms with Crippen molar-refractivity contribution in [2.45, 2.75) is 26.7 Å². The van der Waals surface area contributed by atoms with E-state index in [2.05, 4.69) is 10.3 Å². The molecule has 1 N–H and O–H groups in total. The summed E-state index contributed by atoms with van der Waals surface area (Å²) in [7, 11) is 0. The zero-order chi connectivity index (χ0) is 11.6. The van der Waals surface area contributed by atoms with E-state index in [1.807, 2.05) is 26.0 Å². The van der Waals surface area contributed by atoms with Gasteiger partial charge in [0.1, 0.15) is 0 Å². The SMILES string of the molecule is Cc1ccc(C(=O)C2(C)CCCNC2)cn1. The van der Waals surface area contributed by atoms with E-state index >= 15 is 0 Å². The van der Waals surface area contributed by atoms with Crippen LogP contribution in [0.3, 0.4) is 0 Å². The summed E-state index contributed by atoms with van der Waals surface area (Å²) in [6, 6.07) is 3.78. The molecular weight excluding hydrogens is 200 g/mol. The van der Waals surface area contributed by atoms with Crippen molar-refractivity contribution in [3.05, 3.63) is 29.6 Å². The number of aryl methyl sites for hydroxylation is 1. The third-order valence-electron chi connectivity index (χ3n) is 3.32. The molecule has 1 aliphatic rings. The van der Waals surface area contributed by atoms with E-state index in [1.165, 1.54) is 0 Å². The van der Waals surface area contributed by atoms with Gasteiger partial charge in [0, 0.05) is 29.4 Å². The van der Waals surface area contributed by atoms with E-state index in [0.29, 0.717) is 0 Å². The number of Topliss-reactive ketones (excluding diaryl/α,β-unsaturated/α-hetero) is 1. The van der Waals surface area contributed by atoms with Gasteiger partial charge in [0.25, 0.3) is 0 Å². The van der Waals surface area contributed by atoms with E-state index in [0.717, 1.165) is 37.2 Å². The lowest BCUT2D eigenvalue weighted by molar-refractivity contribution is 0.0772. The summed E-state index contributed by atoms with van der Waals surface area (Å²) in [5.74, 6) is 0.215. The minimum atomic E-state index is -0.255. The number of piperidine rings is 1. The molecule has 0 bridgehead atoms. The number of aromatic nitrogens is 1. The number of ketones is 1. The summed E-state index contributed by atoms with van der Waals surface area (Å²) in [6.45, 7) is 5.77. The summed E-state index contributed by atoms with van der Waals surface area (Å²) in [5, 5.41) is 3.30. The molecule has 0 aliphatic carbocycles. The number of nitrogens with one attached hydrogen (secondary N) is 1. The largest absolute Gasteiger partial charge is 0.316 e. The molecule has 0 radical (unpaired) electrons. The van der Waals surface area contributed by atoms with Gasteiger partial charge in [-0.1, -0.05) is 6.92 Å². The second kappa shape index (κ2) is 4.34. The lowest BCUT2D eigenvalue weighted by Crippen LogP contribution is -2.43. The second-order valence-electron chi connectivity index (χ2n) is 4.86. The molecule has 0 spiro atoms. The van der Waals surface area contributed by atoms with Crippen LogP contribution in [0.5, 0.6) is 0 Å². The van der Waals surface area contributed by atoms with Crippen LogP contribution in [0.15, 0.2) is 18.3 Å². The van der Waals surface area contributed by atoms with Crippen LogP contribution in [-0.2, 0) is 0 Å². The number of carbonyl (C=O) groups is 1. The van der Waals surface area contributed by atoms with Crippen LogP contribution in [0.1, 0.15) is 35.8 Å². The Morgan fingerprint density at radius 1 is 1.50 bits per heavy atom. The summed E-state index contributed by atoms with van der Waals surface area (Å²) >= 11 is 0. The summed E-state index contributed by atoms with van der Waals surface area (Å²) < 4.78 is 0. The molecule has 0 aromatic carbocycles. The van der Waals surface area contributed by atoms with Crippen molar-refractivity contribution in [2.75, 3.05) is 13.1 Å². The van der Waals surface area contributed by atoms with E-state index in [1.54, 1.807) is 6.20 Å². The van der Waals surface area contributed by atoms with Crippen molar-refractivity contribution < 1.29 is 4.79 Å². The van der Waals surface area contributed by atoms with Crippen molar-refractivity contribution in [3.63, 3.8) is 0 Å². The number of nitrogens with zero attached hydrogens (tertiary/aromatic N) is 1. The van der Waals surface area contributed by atoms with Crippen LogP contribution in [0.4, 0.5) is 0 Å². The average Bonchev–Trinajstić information content (AvgIpc) is 2.30. The van der Waals surface area contributed by atoms with Crippen LogP contribution in [0.25, 0.3) is 0 Å². The summed E-state index contributed by atoms with van der Waals surface area (Å²) in [5.41, 5.74) is 1.43. The Hall–Kier alpha value is -1.22. The predicted octanol–water partition coefficient (Wildman–Crippen LogP) is 1.96. The molecule has 16 heavy (non-hydrogen) atoms. The Kier molecular flexibility index (Phi) is 3.06. The van der Waals surface area contributed by atoms with Crippen molar-refractivity contribution >= 4 is 5.78 Å². The molecular formula is C13H18N2O. The third kappa shape index (κ3) is 2.14. The summed E-state index contributed by atoms with van der Waals surface area (Å²) in [4.78, 5) is 16.5. The fraction of sp³-hybridized carbons (Fsp3) is 0.538. The van der Waals surface area contributed by atoms with Crippen LogP contribution in [0, 0.1) is 12.3 Å². The molecule has 3 nitrogen and oxygen atoms in total. The number of hydrogen-bond donors (Lipinski definition) is 1. The zero-order valence-corrected chi connectivity index (χ0v) is 9.92. The molecule has 0 saturated carbocycles. The van der Waals surface area contributed by atoms with Gasteiger partial charge in [0.15, 0.2) is 5.78 Å². The molecule has 1 aliphatic heterocycles. The number of pyridine rings is 1. The maximum Gasteiger partial charge on any atom is 0.171 e. The highest BCUT2D eigenvalue weighted by Crippen LogP contribution is 2.29. The third-order valence-corrected chi connectivity index (χ3v) is 3.32. The van der Waals surface area contributed by atoms with Gasteiger partial charge in [-0.05, 0) is 38.4 Å². The van der Waals surface area contributed by atoms with Gasteiger partial charge in [-0.25, -0.2) is 0 Å². The quantitative estimate of drug-likeness (QED) is 0.772.